The van der Waals surface area contributed by atoms with Crippen molar-refractivity contribution in [1.29, 1.82) is 0 Å². The van der Waals surface area contributed by atoms with Crippen LogP contribution in [0, 0.1) is 0 Å². The first-order valence-electron chi connectivity index (χ1n) is 7.99. The Morgan fingerprint density at radius 1 is 1.09 bits per heavy atom. The molecule has 1 saturated heterocycles. The number of β-amino-alcohol motifs (C(OH)–C–C–N with tert-alkyl or cyclic N) is 1. The molecule has 1 atom stereocenters. The molecule has 0 saturated carbocycles. The van der Waals surface area contributed by atoms with Gasteiger partial charge in [-0.3, -0.25) is 9.69 Å². The maximum absolute atomic E-state index is 12.2. The molecule has 1 aromatic heterocycles. The second kappa shape index (κ2) is 7.44. The Labute approximate surface area is 136 Å². The third-order valence-electron chi connectivity index (χ3n) is 4.17. The molecule has 3 rings (SSSR count). The summed E-state index contributed by atoms with van der Waals surface area (Å²) in [5.74, 6) is 0.335. The molecule has 5 nitrogen and oxygen atoms in total. The maximum Gasteiger partial charge on any atom is 0.289 e. The summed E-state index contributed by atoms with van der Waals surface area (Å²) in [4.78, 5) is 16.2. The van der Waals surface area contributed by atoms with Gasteiger partial charge in [-0.15, -0.1) is 0 Å². The first-order valence-corrected chi connectivity index (χ1v) is 7.99. The van der Waals surface area contributed by atoms with Crippen molar-refractivity contribution in [3.63, 3.8) is 0 Å². The summed E-state index contributed by atoms with van der Waals surface area (Å²) >= 11 is 0. The number of rotatable bonds is 5. The first kappa shape index (κ1) is 15.8. The lowest BCUT2D eigenvalue weighted by Crippen LogP contribution is -2.50. The van der Waals surface area contributed by atoms with Crippen molar-refractivity contribution >= 4 is 5.91 Å². The van der Waals surface area contributed by atoms with Gasteiger partial charge in [-0.1, -0.05) is 30.3 Å². The number of carbonyl (C=O) groups excluding carboxylic acids is 1. The van der Waals surface area contributed by atoms with Crippen LogP contribution in [0.15, 0.2) is 53.1 Å². The van der Waals surface area contributed by atoms with Crippen LogP contribution in [0.3, 0.4) is 0 Å². The number of piperazine rings is 1. The fraction of sp³-hybridized carbons (Fsp3) is 0.389. The van der Waals surface area contributed by atoms with Gasteiger partial charge < -0.3 is 14.4 Å². The van der Waals surface area contributed by atoms with Crippen LogP contribution < -0.4 is 0 Å². The minimum absolute atomic E-state index is 0.0560. The molecular weight excluding hydrogens is 292 g/mol. The van der Waals surface area contributed by atoms with Crippen LogP contribution in [0.4, 0.5) is 0 Å². The normalized spacial score (nSPS) is 17.2. The number of nitrogens with zero attached hydrogens (tertiary/aromatic N) is 2. The zero-order chi connectivity index (χ0) is 16.1. The summed E-state index contributed by atoms with van der Waals surface area (Å²) in [5, 5.41) is 10.2. The van der Waals surface area contributed by atoms with E-state index in [1.807, 2.05) is 30.3 Å². The Bertz CT molecular complexity index is 604. The van der Waals surface area contributed by atoms with Crippen LogP contribution in [0.1, 0.15) is 16.1 Å². The van der Waals surface area contributed by atoms with Gasteiger partial charge in [0.2, 0.25) is 0 Å². The van der Waals surface area contributed by atoms with Gasteiger partial charge in [0.1, 0.15) is 0 Å². The van der Waals surface area contributed by atoms with E-state index in [4.69, 9.17) is 4.42 Å². The van der Waals surface area contributed by atoms with Crippen molar-refractivity contribution < 1.29 is 14.3 Å². The molecule has 122 valence electrons. The van der Waals surface area contributed by atoms with Crippen molar-refractivity contribution in [3.8, 4) is 0 Å². The molecule has 2 aromatic rings. The van der Waals surface area contributed by atoms with E-state index in [2.05, 4.69) is 4.90 Å². The van der Waals surface area contributed by atoms with E-state index in [-0.39, 0.29) is 12.0 Å². The Hall–Kier alpha value is -2.11. The highest BCUT2D eigenvalue weighted by molar-refractivity contribution is 5.91. The average Bonchev–Trinajstić information content (AvgIpc) is 3.10. The molecule has 1 aromatic carbocycles. The summed E-state index contributed by atoms with van der Waals surface area (Å²) in [6, 6.07) is 13.4. The van der Waals surface area contributed by atoms with Gasteiger partial charge >= 0.3 is 0 Å². The molecular formula is C18H22N2O3. The molecule has 23 heavy (non-hydrogen) atoms. The molecule has 1 N–H and O–H groups in total. The van der Waals surface area contributed by atoms with Gasteiger partial charge in [0.25, 0.3) is 5.91 Å². The van der Waals surface area contributed by atoms with Gasteiger partial charge in [-0.25, -0.2) is 0 Å². The minimum Gasteiger partial charge on any atom is -0.459 e. The highest BCUT2D eigenvalue weighted by Crippen LogP contribution is 2.11. The second-order valence-corrected chi connectivity index (χ2v) is 5.91. The Balaban J connectivity index is 1.45. The zero-order valence-corrected chi connectivity index (χ0v) is 13.1. The number of carbonyl (C=O) groups is 1. The molecule has 1 unspecified atom stereocenters. The van der Waals surface area contributed by atoms with Crippen LogP contribution in [-0.4, -0.2) is 59.6 Å². The molecule has 0 bridgehead atoms. The zero-order valence-electron chi connectivity index (χ0n) is 13.1. The Morgan fingerprint density at radius 2 is 1.83 bits per heavy atom. The monoisotopic (exact) mass is 314 g/mol. The number of hydrogen-bond acceptors (Lipinski definition) is 4. The molecule has 1 amide bonds. The van der Waals surface area contributed by atoms with E-state index in [1.165, 1.54) is 6.26 Å². The Kier molecular flexibility index (Phi) is 5.10. The van der Waals surface area contributed by atoms with E-state index in [9.17, 15) is 9.90 Å². The summed E-state index contributed by atoms with van der Waals surface area (Å²) < 4.78 is 5.16. The molecule has 0 radical (unpaired) electrons. The van der Waals surface area contributed by atoms with Crippen molar-refractivity contribution in [1.82, 2.24) is 9.80 Å². The van der Waals surface area contributed by atoms with E-state index in [1.54, 1.807) is 17.0 Å². The van der Waals surface area contributed by atoms with Gasteiger partial charge in [0.05, 0.1) is 12.4 Å². The van der Waals surface area contributed by atoms with E-state index in [0.717, 1.165) is 18.7 Å². The lowest BCUT2D eigenvalue weighted by atomic mass is 10.1. The van der Waals surface area contributed by atoms with Crippen molar-refractivity contribution in [2.75, 3.05) is 32.7 Å². The van der Waals surface area contributed by atoms with Gasteiger partial charge in [0, 0.05) is 32.7 Å². The average molecular weight is 314 g/mol. The molecule has 2 heterocycles. The van der Waals surface area contributed by atoms with Crippen LogP contribution in [0.25, 0.3) is 0 Å². The van der Waals surface area contributed by atoms with Gasteiger partial charge in [0.15, 0.2) is 5.76 Å². The van der Waals surface area contributed by atoms with Gasteiger partial charge in [-0.2, -0.15) is 0 Å². The predicted molar refractivity (Wildman–Crippen MR) is 87.2 cm³/mol. The topological polar surface area (TPSA) is 56.9 Å². The van der Waals surface area contributed by atoms with Crippen molar-refractivity contribution in [3.05, 3.63) is 60.1 Å². The standard InChI is InChI=1S/C18H22N2O3/c21-16(13-15-5-2-1-3-6-15)14-19-8-10-20(11-9-19)18(22)17-7-4-12-23-17/h1-7,12,16,21H,8-11,13-14H2. The molecule has 1 fully saturated rings. The fourth-order valence-corrected chi connectivity index (χ4v) is 2.94. The lowest BCUT2D eigenvalue weighted by molar-refractivity contribution is 0.0506. The van der Waals surface area contributed by atoms with E-state index in [0.29, 0.717) is 31.8 Å². The molecule has 5 heteroatoms. The summed E-state index contributed by atoms with van der Waals surface area (Å²) in [7, 11) is 0. The maximum atomic E-state index is 12.2. The highest BCUT2D eigenvalue weighted by atomic mass is 16.3. The number of amides is 1. The quantitative estimate of drug-likeness (QED) is 0.911. The first-order chi connectivity index (χ1) is 11.2. The fourth-order valence-electron chi connectivity index (χ4n) is 2.94. The summed E-state index contributed by atoms with van der Waals surface area (Å²) in [6.07, 6.45) is 1.79. The van der Waals surface area contributed by atoms with E-state index >= 15 is 0 Å². The lowest BCUT2D eigenvalue weighted by Gasteiger charge is -2.35. The van der Waals surface area contributed by atoms with Crippen molar-refractivity contribution in [2.24, 2.45) is 0 Å². The van der Waals surface area contributed by atoms with Crippen LogP contribution in [0.2, 0.25) is 0 Å². The number of furan rings is 1. The van der Waals surface area contributed by atoms with E-state index < -0.39 is 0 Å². The second-order valence-electron chi connectivity index (χ2n) is 5.91. The van der Waals surface area contributed by atoms with Crippen molar-refractivity contribution in [2.45, 2.75) is 12.5 Å². The van der Waals surface area contributed by atoms with Crippen LogP contribution >= 0.6 is 0 Å². The summed E-state index contributed by atoms with van der Waals surface area (Å²) in [6.45, 7) is 3.52. The summed E-state index contributed by atoms with van der Waals surface area (Å²) in [5.41, 5.74) is 1.15. The van der Waals surface area contributed by atoms with Gasteiger partial charge in [-0.05, 0) is 24.1 Å². The molecule has 1 aliphatic rings. The Morgan fingerprint density at radius 3 is 2.48 bits per heavy atom. The third kappa shape index (κ3) is 4.21. The molecule has 0 spiro atoms. The number of aliphatic hydroxyl groups excluding tert-OH is 1. The largest absolute Gasteiger partial charge is 0.459 e. The molecule has 0 aliphatic carbocycles. The number of hydrogen-bond donors (Lipinski definition) is 1. The number of benzene rings is 1. The minimum atomic E-state index is -0.385. The number of aliphatic hydroxyl groups is 1. The predicted octanol–water partition coefficient (Wildman–Crippen LogP) is 1.64. The van der Waals surface area contributed by atoms with Crippen LogP contribution in [0.5, 0.6) is 0 Å². The molecule has 1 aliphatic heterocycles. The van der Waals surface area contributed by atoms with Crippen LogP contribution in [-0.2, 0) is 6.42 Å². The smallest absolute Gasteiger partial charge is 0.289 e. The SMILES string of the molecule is O=C(c1ccco1)N1CCN(CC(O)Cc2ccccc2)CC1. The highest BCUT2D eigenvalue weighted by Gasteiger charge is 2.24. The third-order valence-corrected chi connectivity index (χ3v) is 4.17.